The molecule has 0 saturated heterocycles. The molecule has 2 aliphatic heterocycles. The monoisotopic (exact) mass is 506 g/mol. The Balaban J connectivity index is 0.973. The van der Waals surface area contributed by atoms with E-state index in [4.69, 9.17) is 0 Å². The summed E-state index contributed by atoms with van der Waals surface area (Å²) in [5, 5.41) is 9.73. The SMILES string of the molecule is O=C1c2cccc3cccc(c23)C(=O)N1CCNCCNCCN1C(=O)c2cccc3cccc(c23)C1=O. The zero-order valence-corrected chi connectivity index (χ0v) is 20.7. The lowest BCUT2D eigenvalue weighted by Crippen LogP contribution is -2.45. The van der Waals surface area contributed by atoms with Gasteiger partial charge in [0.25, 0.3) is 23.6 Å². The van der Waals surface area contributed by atoms with Gasteiger partial charge in [-0.2, -0.15) is 0 Å². The topological polar surface area (TPSA) is 98.8 Å². The fourth-order valence-electron chi connectivity index (χ4n) is 5.38. The summed E-state index contributed by atoms with van der Waals surface area (Å²) in [5.41, 5.74) is 2.22. The van der Waals surface area contributed by atoms with Gasteiger partial charge in [-0.1, -0.05) is 48.5 Å². The largest absolute Gasteiger partial charge is 0.314 e. The van der Waals surface area contributed by atoms with Crippen molar-refractivity contribution in [1.29, 1.82) is 0 Å². The number of amides is 4. The fraction of sp³-hybridized carbons (Fsp3) is 0.200. The molecule has 8 nitrogen and oxygen atoms in total. The number of nitrogens with one attached hydrogen (secondary N) is 2. The molecule has 0 atom stereocenters. The lowest BCUT2D eigenvalue weighted by Gasteiger charge is -2.27. The molecule has 0 radical (unpaired) electrons. The van der Waals surface area contributed by atoms with Crippen LogP contribution in [0.4, 0.5) is 0 Å². The maximum atomic E-state index is 13.0. The Kier molecular flexibility index (Phi) is 6.19. The van der Waals surface area contributed by atoms with Crippen molar-refractivity contribution < 1.29 is 19.2 Å². The average molecular weight is 507 g/mol. The van der Waals surface area contributed by atoms with Crippen LogP contribution in [0.1, 0.15) is 41.4 Å². The molecule has 0 unspecified atom stereocenters. The number of imide groups is 2. The molecular formula is C30H26N4O4. The molecule has 0 aliphatic carbocycles. The normalized spacial score (nSPS) is 14.7. The highest BCUT2D eigenvalue weighted by Gasteiger charge is 2.33. The molecule has 8 heteroatoms. The van der Waals surface area contributed by atoms with Gasteiger partial charge in [0, 0.05) is 72.3 Å². The van der Waals surface area contributed by atoms with Gasteiger partial charge < -0.3 is 10.6 Å². The van der Waals surface area contributed by atoms with Crippen molar-refractivity contribution in [3.8, 4) is 0 Å². The minimum atomic E-state index is -0.271. The van der Waals surface area contributed by atoms with Crippen molar-refractivity contribution in [2.24, 2.45) is 0 Å². The van der Waals surface area contributed by atoms with Gasteiger partial charge in [0.2, 0.25) is 0 Å². The summed E-state index contributed by atoms with van der Waals surface area (Å²) in [6, 6.07) is 22.0. The summed E-state index contributed by atoms with van der Waals surface area (Å²) in [6.07, 6.45) is 0. The number of hydrogen-bond donors (Lipinski definition) is 2. The fourth-order valence-corrected chi connectivity index (χ4v) is 5.38. The summed E-state index contributed by atoms with van der Waals surface area (Å²) in [6.45, 7) is 2.66. The second-order valence-electron chi connectivity index (χ2n) is 9.44. The predicted octanol–water partition coefficient (Wildman–Crippen LogP) is 3.06. The Morgan fingerprint density at radius 1 is 0.447 bits per heavy atom. The Morgan fingerprint density at radius 2 is 0.763 bits per heavy atom. The second-order valence-corrected chi connectivity index (χ2v) is 9.44. The Hall–Kier alpha value is -4.40. The van der Waals surface area contributed by atoms with Crippen LogP contribution in [0.15, 0.2) is 72.8 Å². The molecule has 6 rings (SSSR count). The lowest BCUT2D eigenvalue weighted by atomic mass is 9.94. The van der Waals surface area contributed by atoms with Crippen LogP contribution < -0.4 is 10.6 Å². The van der Waals surface area contributed by atoms with Gasteiger partial charge in [0.05, 0.1) is 0 Å². The molecule has 0 aromatic heterocycles. The van der Waals surface area contributed by atoms with Crippen LogP contribution >= 0.6 is 0 Å². The van der Waals surface area contributed by atoms with Crippen LogP contribution in [0.25, 0.3) is 21.5 Å². The average Bonchev–Trinajstić information content (AvgIpc) is 2.94. The standard InChI is InChI=1S/C30H26N4O4/c35-27-21-9-1-5-19-6-2-10-22(25(19)21)28(36)33(27)17-15-31-13-14-32-16-18-34-29(37)23-11-3-7-20-8-4-12-24(26(20)23)30(34)38/h1-12,31-32H,13-18H2. The van der Waals surface area contributed by atoms with Crippen molar-refractivity contribution >= 4 is 45.2 Å². The maximum absolute atomic E-state index is 13.0. The quantitative estimate of drug-likeness (QED) is 0.268. The summed E-state index contributed by atoms with van der Waals surface area (Å²) in [4.78, 5) is 54.4. The summed E-state index contributed by atoms with van der Waals surface area (Å²) in [7, 11) is 0. The first-order chi connectivity index (χ1) is 18.6. The molecule has 38 heavy (non-hydrogen) atoms. The van der Waals surface area contributed by atoms with Gasteiger partial charge >= 0.3 is 0 Å². The van der Waals surface area contributed by atoms with E-state index in [0.29, 0.717) is 48.4 Å². The lowest BCUT2D eigenvalue weighted by molar-refractivity contribution is 0.0595. The Morgan fingerprint density at radius 3 is 1.08 bits per heavy atom. The molecule has 0 fully saturated rings. The van der Waals surface area contributed by atoms with Crippen LogP contribution in [0.5, 0.6) is 0 Å². The number of hydrogen-bond acceptors (Lipinski definition) is 6. The number of benzene rings is 4. The number of rotatable bonds is 9. The van der Waals surface area contributed by atoms with E-state index in [-0.39, 0.29) is 36.7 Å². The van der Waals surface area contributed by atoms with Crippen molar-refractivity contribution in [2.45, 2.75) is 0 Å². The van der Waals surface area contributed by atoms with Gasteiger partial charge in [0.1, 0.15) is 0 Å². The zero-order valence-electron chi connectivity index (χ0n) is 20.7. The minimum absolute atomic E-state index is 0.268. The van der Waals surface area contributed by atoms with E-state index in [9.17, 15) is 19.2 Å². The highest BCUT2D eigenvalue weighted by Crippen LogP contribution is 2.30. The summed E-state index contributed by atoms with van der Waals surface area (Å²) >= 11 is 0. The van der Waals surface area contributed by atoms with Gasteiger partial charge in [-0.05, 0) is 35.0 Å². The van der Waals surface area contributed by atoms with Gasteiger partial charge in [0.15, 0.2) is 0 Å². The maximum Gasteiger partial charge on any atom is 0.261 e. The molecule has 2 heterocycles. The van der Waals surface area contributed by atoms with Crippen LogP contribution in [-0.2, 0) is 0 Å². The molecule has 4 amide bonds. The molecular weight excluding hydrogens is 480 g/mol. The molecule has 4 aromatic carbocycles. The number of carbonyl (C=O) groups excluding carboxylic acids is 4. The third-order valence-electron chi connectivity index (χ3n) is 7.21. The summed E-state index contributed by atoms with van der Waals surface area (Å²) in [5.74, 6) is -1.08. The third kappa shape index (κ3) is 3.95. The Labute approximate surface area is 219 Å². The van der Waals surface area contributed by atoms with Crippen LogP contribution in [0.3, 0.4) is 0 Å². The van der Waals surface area contributed by atoms with Crippen LogP contribution in [0.2, 0.25) is 0 Å². The van der Waals surface area contributed by atoms with Crippen molar-refractivity contribution in [3.63, 3.8) is 0 Å². The van der Waals surface area contributed by atoms with E-state index in [1.165, 1.54) is 9.80 Å². The molecule has 0 saturated carbocycles. The van der Waals surface area contributed by atoms with Gasteiger partial charge in [-0.25, -0.2) is 0 Å². The first-order valence-corrected chi connectivity index (χ1v) is 12.7. The Bertz CT molecular complexity index is 1410. The highest BCUT2D eigenvalue weighted by atomic mass is 16.2. The van der Waals surface area contributed by atoms with E-state index in [0.717, 1.165) is 21.5 Å². The number of carbonyl (C=O) groups is 4. The van der Waals surface area contributed by atoms with Crippen LogP contribution in [-0.4, -0.2) is 72.7 Å². The first-order valence-electron chi connectivity index (χ1n) is 12.7. The van der Waals surface area contributed by atoms with E-state index >= 15 is 0 Å². The summed E-state index contributed by atoms with van der Waals surface area (Å²) < 4.78 is 0. The molecule has 2 aliphatic rings. The second kappa shape index (κ2) is 9.81. The van der Waals surface area contributed by atoms with E-state index in [1.807, 2.05) is 48.5 Å². The van der Waals surface area contributed by atoms with Crippen molar-refractivity contribution in [3.05, 3.63) is 95.1 Å². The third-order valence-corrected chi connectivity index (χ3v) is 7.21. The molecule has 0 spiro atoms. The molecule has 4 aromatic rings. The predicted molar refractivity (Wildman–Crippen MR) is 144 cm³/mol. The van der Waals surface area contributed by atoms with Gasteiger partial charge in [-0.15, -0.1) is 0 Å². The van der Waals surface area contributed by atoms with E-state index in [1.54, 1.807) is 24.3 Å². The van der Waals surface area contributed by atoms with Gasteiger partial charge in [-0.3, -0.25) is 29.0 Å². The van der Waals surface area contributed by atoms with E-state index in [2.05, 4.69) is 10.6 Å². The first kappa shape index (κ1) is 24.0. The van der Waals surface area contributed by atoms with Crippen LogP contribution in [0, 0.1) is 0 Å². The zero-order chi connectivity index (χ0) is 26.2. The van der Waals surface area contributed by atoms with Crippen molar-refractivity contribution in [1.82, 2.24) is 20.4 Å². The van der Waals surface area contributed by atoms with Crippen molar-refractivity contribution in [2.75, 3.05) is 39.3 Å². The molecule has 2 N–H and O–H groups in total. The molecule has 190 valence electrons. The van der Waals surface area contributed by atoms with E-state index < -0.39 is 0 Å². The minimum Gasteiger partial charge on any atom is -0.314 e. The highest BCUT2D eigenvalue weighted by molar-refractivity contribution is 6.26. The smallest absolute Gasteiger partial charge is 0.261 e. The number of nitrogens with zero attached hydrogens (tertiary/aromatic N) is 2. The molecule has 0 bridgehead atoms.